The molecule has 224 valence electrons. The van der Waals surface area contributed by atoms with Crippen LogP contribution in [0.2, 0.25) is 0 Å². The maximum atomic E-state index is 14.2. The molecule has 3 aromatic carbocycles. The zero-order chi connectivity index (χ0) is 30.1. The van der Waals surface area contributed by atoms with Crippen molar-refractivity contribution in [2.24, 2.45) is 5.92 Å². The van der Waals surface area contributed by atoms with Crippen LogP contribution < -0.4 is 5.32 Å². The number of aliphatic hydroxyl groups excluding tert-OH is 2. The summed E-state index contributed by atoms with van der Waals surface area (Å²) in [5.74, 6) is -12.9. The number of halogens is 5. The summed E-state index contributed by atoms with van der Waals surface area (Å²) in [4.78, 5) is 14.7. The molecule has 2 fully saturated rings. The summed E-state index contributed by atoms with van der Waals surface area (Å²) < 4.78 is 81.8. The van der Waals surface area contributed by atoms with Crippen LogP contribution in [0, 0.1) is 35.0 Å². The van der Waals surface area contributed by atoms with Crippen LogP contribution in [-0.4, -0.2) is 52.9 Å². The number of carbonyl (C=O) groups is 1. The molecule has 2 aliphatic heterocycles. The first kappa shape index (κ1) is 30.1. The number of rotatable bonds is 7. The van der Waals surface area contributed by atoms with Crippen molar-refractivity contribution in [3.8, 4) is 0 Å². The molecule has 0 bridgehead atoms. The highest BCUT2D eigenvalue weighted by Gasteiger charge is 2.40. The van der Waals surface area contributed by atoms with Gasteiger partial charge in [0.1, 0.15) is 5.56 Å². The number of anilines is 1. The molecule has 2 heterocycles. The van der Waals surface area contributed by atoms with Gasteiger partial charge in [0.25, 0.3) is 5.91 Å². The molecular formula is C30H29F5N2O5. The van der Waals surface area contributed by atoms with Gasteiger partial charge in [-0.05, 0) is 29.7 Å². The summed E-state index contributed by atoms with van der Waals surface area (Å²) in [5, 5.41) is 21.6. The molecule has 42 heavy (non-hydrogen) atoms. The number of carbonyl (C=O) groups excluding carboxylic acids is 1. The van der Waals surface area contributed by atoms with Crippen molar-refractivity contribution in [2.75, 3.05) is 25.0 Å². The number of nitrogens with zero attached hydrogens (tertiary/aromatic N) is 1. The van der Waals surface area contributed by atoms with Crippen molar-refractivity contribution in [3.05, 3.63) is 99.9 Å². The van der Waals surface area contributed by atoms with E-state index in [9.17, 15) is 37.0 Å². The molecular weight excluding hydrogens is 563 g/mol. The lowest BCUT2D eigenvalue weighted by Crippen LogP contribution is -2.44. The highest BCUT2D eigenvalue weighted by molar-refractivity contribution is 6.04. The fourth-order valence-corrected chi connectivity index (χ4v) is 5.32. The standard InChI is InChI=1S/C30H29F5N2O5/c1-15-21(13-37-10-9-20(39)12-37)41-30(42-28(15)17-7-5-16(14-38)6-8-17)18-3-2-4-19(11-18)36-29(40)22-23(31)25(33)27(35)26(34)24(22)32/h2-8,11,15,20-21,28,30,38-39H,9-10,12-14H2,1H3,(H,36,40)/t15-,20-,21+,28+,30+/m0/s1. The van der Waals surface area contributed by atoms with Crippen molar-refractivity contribution in [1.29, 1.82) is 0 Å². The molecule has 0 unspecified atom stereocenters. The lowest BCUT2D eigenvalue weighted by molar-refractivity contribution is -0.276. The SMILES string of the molecule is C[C@H]1[C@@H](CN2CC[C@H](O)C2)O[C@@H](c2cccc(NC(=O)c3c(F)c(F)c(F)c(F)c3F)c2)O[C@H]1c1ccc(CO)cc1. The fourth-order valence-electron chi connectivity index (χ4n) is 5.32. The van der Waals surface area contributed by atoms with Crippen LogP contribution in [-0.2, 0) is 16.1 Å². The molecule has 2 aliphatic rings. The Bertz CT molecular complexity index is 1430. The normalized spacial score (nSPS) is 24.6. The molecule has 0 saturated carbocycles. The summed E-state index contributed by atoms with van der Waals surface area (Å²) in [6.45, 7) is 3.59. The molecule has 0 aliphatic carbocycles. The lowest BCUT2D eigenvalue weighted by Gasteiger charge is -2.42. The average molecular weight is 593 g/mol. The Morgan fingerprint density at radius 3 is 2.24 bits per heavy atom. The van der Waals surface area contributed by atoms with Gasteiger partial charge in [-0.25, -0.2) is 22.0 Å². The van der Waals surface area contributed by atoms with Crippen LogP contribution >= 0.6 is 0 Å². The van der Waals surface area contributed by atoms with E-state index in [-0.39, 0.29) is 24.3 Å². The van der Waals surface area contributed by atoms with Crippen LogP contribution in [0.3, 0.4) is 0 Å². The molecule has 7 nitrogen and oxygen atoms in total. The molecule has 0 aromatic heterocycles. The number of β-amino-alcohol motifs (C(OH)–C–C–N with tert-alkyl or cyclic N) is 1. The first-order chi connectivity index (χ1) is 20.1. The maximum absolute atomic E-state index is 14.2. The Hall–Kier alpha value is -3.42. The largest absolute Gasteiger partial charge is 0.392 e. The molecule has 0 spiro atoms. The van der Waals surface area contributed by atoms with Crippen molar-refractivity contribution < 1.29 is 46.4 Å². The van der Waals surface area contributed by atoms with E-state index in [2.05, 4.69) is 10.2 Å². The molecule has 3 N–H and O–H groups in total. The number of nitrogens with one attached hydrogen (secondary N) is 1. The van der Waals surface area contributed by atoms with Crippen molar-refractivity contribution >= 4 is 11.6 Å². The Balaban J connectivity index is 1.41. The van der Waals surface area contributed by atoms with Crippen LogP contribution in [0.4, 0.5) is 27.6 Å². The molecule has 3 aromatic rings. The topological polar surface area (TPSA) is 91.3 Å². The highest BCUT2D eigenvalue weighted by atomic mass is 19.2. The van der Waals surface area contributed by atoms with Crippen molar-refractivity contribution in [1.82, 2.24) is 4.90 Å². The van der Waals surface area contributed by atoms with Gasteiger partial charge in [-0.1, -0.05) is 43.3 Å². The number of aliphatic hydroxyl groups is 2. The third-order valence-electron chi connectivity index (χ3n) is 7.66. The Morgan fingerprint density at radius 2 is 1.62 bits per heavy atom. The summed E-state index contributed by atoms with van der Waals surface area (Å²) in [5.41, 5.74) is 0.413. The van der Waals surface area contributed by atoms with E-state index in [0.29, 0.717) is 31.6 Å². The number of ether oxygens (including phenoxy) is 2. The minimum atomic E-state index is -2.36. The predicted molar refractivity (Wildman–Crippen MR) is 141 cm³/mol. The third-order valence-corrected chi connectivity index (χ3v) is 7.66. The fraction of sp³-hybridized carbons (Fsp3) is 0.367. The second-order valence-electron chi connectivity index (χ2n) is 10.5. The van der Waals surface area contributed by atoms with Gasteiger partial charge in [-0.15, -0.1) is 0 Å². The number of amides is 1. The Labute approximate surface area is 238 Å². The number of benzene rings is 3. The second kappa shape index (κ2) is 12.4. The molecule has 1 amide bonds. The van der Waals surface area contributed by atoms with Crippen LogP contribution in [0.25, 0.3) is 0 Å². The molecule has 5 rings (SSSR count). The van der Waals surface area contributed by atoms with Crippen LogP contribution in [0.1, 0.15) is 52.8 Å². The molecule has 0 radical (unpaired) electrons. The van der Waals surface area contributed by atoms with Gasteiger partial charge in [0.2, 0.25) is 5.82 Å². The van der Waals surface area contributed by atoms with Gasteiger partial charge in [0.15, 0.2) is 29.6 Å². The number of likely N-dealkylation sites (tertiary alicyclic amines) is 1. The molecule has 5 atom stereocenters. The number of hydrogen-bond donors (Lipinski definition) is 3. The van der Waals surface area contributed by atoms with Gasteiger partial charge in [0.05, 0.1) is 24.9 Å². The Morgan fingerprint density at radius 1 is 0.952 bits per heavy atom. The van der Waals surface area contributed by atoms with Crippen molar-refractivity contribution in [2.45, 2.75) is 44.6 Å². The van der Waals surface area contributed by atoms with Crippen LogP contribution in [0.15, 0.2) is 48.5 Å². The van der Waals surface area contributed by atoms with Gasteiger partial charge in [-0.2, -0.15) is 0 Å². The number of hydrogen-bond acceptors (Lipinski definition) is 6. The van der Waals surface area contributed by atoms with Crippen LogP contribution in [0.5, 0.6) is 0 Å². The first-order valence-corrected chi connectivity index (χ1v) is 13.4. The summed E-state index contributed by atoms with van der Waals surface area (Å²) in [7, 11) is 0. The predicted octanol–water partition coefficient (Wildman–Crippen LogP) is 4.98. The highest BCUT2D eigenvalue weighted by Crippen LogP contribution is 2.42. The minimum absolute atomic E-state index is 0.00956. The average Bonchev–Trinajstić information content (AvgIpc) is 3.40. The summed E-state index contributed by atoms with van der Waals surface area (Å²) in [6, 6.07) is 13.3. The monoisotopic (exact) mass is 592 g/mol. The Kier molecular flexibility index (Phi) is 8.90. The molecule has 12 heteroatoms. The van der Waals surface area contributed by atoms with E-state index < -0.39 is 59.1 Å². The van der Waals surface area contributed by atoms with E-state index in [4.69, 9.17) is 9.47 Å². The zero-order valence-electron chi connectivity index (χ0n) is 22.5. The minimum Gasteiger partial charge on any atom is -0.392 e. The van der Waals surface area contributed by atoms with E-state index in [1.807, 2.05) is 19.1 Å². The first-order valence-electron chi connectivity index (χ1n) is 13.4. The molecule has 2 saturated heterocycles. The summed E-state index contributed by atoms with van der Waals surface area (Å²) in [6.07, 6.45) is -1.51. The van der Waals surface area contributed by atoms with Crippen molar-refractivity contribution in [3.63, 3.8) is 0 Å². The quantitative estimate of drug-likeness (QED) is 0.204. The lowest BCUT2D eigenvalue weighted by atomic mass is 9.90. The van der Waals surface area contributed by atoms with Gasteiger partial charge in [0, 0.05) is 36.8 Å². The van der Waals surface area contributed by atoms with Gasteiger partial charge < -0.3 is 25.0 Å². The maximum Gasteiger partial charge on any atom is 0.261 e. The van der Waals surface area contributed by atoms with E-state index >= 15 is 0 Å². The van der Waals surface area contributed by atoms with E-state index in [0.717, 1.165) is 11.1 Å². The zero-order valence-corrected chi connectivity index (χ0v) is 22.5. The van der Waals surface area contributed by atoms with E-state index in [1.54, 1.807) is 18.2 Å². The van der Waals surface area contributed by atoms with E-state index in [1.165, 1.54) is 18.2 Å². The smallest absolute Gasteiger partial charge is 0.261 e. The second-order valence-corrected chi connectivity index (χ2v) is 10.5. The summed E-state index contributed by atoms with van der Waals surface area (Å²) >= 11 is 0. The van der Waals surface area contributed by atoms with Gasteiger partial charge in [-0.3, -0.25) is 9.69 Å². The third kappa shape index (κ3) is 6.04. The van der Waals surface area contributed by atoms with Gasteiger partial charge >= 0.3 is 0 Å².